The summed E-state index contributed by atoms with van der Waals surface area (Å²) in [6, 6.07) is 9.48. The van der Waals surface area contributed by atoms with Gasteiger partial charge < -0.3 is 14.5 Å². The zero-order valence-corrected chi connectivity index (χ0v) is 15.4. The van der Waals surface area contributed by atoms with E-state index in [1.807, 2.05) is 13.0 Å². The van der Waals surface area contributed by atoms with Crippen molar-refractivity contribution >= 4 is 22.6 Å². The highest BCUT2D eigenvalue weighted by Gasteiger charge is 2.14. The van der Waals surface area contributed by atoms with Crippen LogP contribution >= 0.6 is 0 Å². The van der Waals surface area contributed by atoms with E-state index >= 15 is 0 Å². The molecule has 0 aliphatic heterocycles. The summed E-state index contributed by atoms with van der Waals surface area (Å²) in [6.07, 6.45) is 0.319. The number of carbonyl (C=O) groups excluding carboxylic acids is 1. The first-order valence-electron chi connectivity index (χ1n) is 8.55. The van der Waals surface area contributed by atoms with Gasteiger partial charge in [-0.25, -0.2) is 9.18 Å². The molecular weight excluding hydrogens is 349 g/mol. The van der Waals surface area contributed by atoms with E-state index in [1.54, 1.807) is 32.2 Å². The largest absolute Gasteiger partial charge is 0.497 e. The predicted molar refractivity (Wildman–Crippen MR) is 102 cm³/mol. The molecule has 1 N–H and O–H groups in total. The Morgan fingerprint density at radius 3 is 2.70 bits per heavy atom. The number of nitrogens with one attached hydrogen (secondary N) is 1. The van der Waals surface area contributed by atoms with Crippen LogP contribution in [0.3, 0.4) is 0 Å². The summed E-state index contributed by atoms with van der Waals surface area (Å²) in [4.78, 5) is 24.6. The molecule has 0 aliphatic carbocycles. The molecule has 2 aromatic carbocycles. The van der Waals surface area contributed by atoms with Gasteiger partial charge in [-0.05, 0) is 55.7 Å². The van der Waals surface area contributed by atoms with E-state index in [-0.39, 0.29) is 18.7 Å². The molecule has 0 unspecified atom stereocenters. The van der Waals surface area contributed by atoms with Gasteiger partial charge in [0.1, 0.15) is 17.1 Å². The standard InChI is InChI=1S/C21H20FNO4/c1-12-4-5-14(22)10-18(12)23-20(24)9-8-17-13(2)16-7-6-15(26-3)11-19(16)27-21(17)25/h4-7,10-11H,8-9H2,1-3H3,(H,23,24). The van der Waals surface area contributed by atoms with Crippen LogP contribution in [0.2, 0.25) is 0 Å². The van der Waals surface area contributed by atoms with Gasteiger partial charge in [0.05, 0.1) is 7.11 Å². The molecule has 140 valence electrons. The lowest BCUT2D eigenvalue weighted by molar-refractivity contribution is -0.116. The molecule has 6 heteroatoms. The van der Waals surface area contributed by atoms with Gasteiger partial charge in [0, 0.05) is 29.1 Å². The van der Waals surface area contributed by atoms with Crippen LogP contribution in [0.25, 0.3) is 11.0 Å². The molecule has 0 saturated carbocycles. The molecule has 1 heterocycles. The molecule has 0 bridgehead atoms. The number of anilines is 1. The molecule has 0 spiro atoms. The lowest BCUT2D eigenvalue weighted by atomic mass is 10.0. The molecule has 0 aliphatic rings. The van der Waals surface area contributed by atoms with E-state index in [1.165, 1.54) is 12.1 Å². The van der Waals surface area contributed by atoms with Gasteiger partial charge in [0.25, 0.3) is 0 Å². The average molecular weight is 369 g/mol. The molecule has 27 heavy (non-hydrogen) atoms. The van der Waals surface area contributed by atoms with Gasteiger partial charge >= 0.3 is 5.63 Å². The minimum Gasteiger partial charge on any atom is -0.497 e. The van der Waals surface area contributed by atoms with Gasteiger partial charge in [-0.3, -0.25) is 4.79 Å². The highest BCUT2D eigenvalue weighted by Crippen LogP contribution is 2.24. The number of benzene rings is 2. The first kappa shape index (κ1) is 18.6. The summed E-state index contributed by atoms with van der Waals surface area (Å²) in [5.74, 6) is -0.114. The van der Waals surface area contributed by atoms with Gasteiger partial charge in [-0.15, -0.1) is 0 Å². The minimum absolute atomic E-state index is 0.0865. The fourth-order valence-corrected chi connectivity index (χ4v) is 2.97. The molecule has 3 rings (SSSR count). The SMILES string of the molecule is COc1ccc2c(C)c(CCC(=O)Nc3cc(F)ccc3C)c(=O)oc2c1. The lowest BCUT2D eigenvalue weighted by Crippen LogP contribution is -2.17. The highest BCUT2D eigenvalue weighted by atomic mass is 19.1. The minimum atomic E-state index is -0.469. The van der Waals surface area contributed by atoms with E-state index in [4.69, 9.17) is 9.15 Å². The van der Waals surface area contributed by atoms with Crippen LogP contribution < -0.4 is 15.7 Å². The maximum absolute atomic E-state index is 13.3. The molecule has 1 amide bonds. The van der Waals surface area contributed by atoms with Crippen molar-refractivity contribution in [1.82, 2.24) is 0 Å². The Labute approximate surface area is 155 Å². The second kappa shape index (κ2) is 7.61. The highest BCUT2D eigenvalue weighted by molar-refractivity contribution is 5.91. The van der Waals surface area contributed by atoms with Crippen molar-refractivity contribution in [2.75, 3.05) is 12.4 Å². The summed E-state index contributed by atoms with van der Waals surface area (Å²) in [5.41, 5.74) is 2.40. The van der Waals surface area contributed by atoms with Gasteiger partial charge in [0.2, 0.25) is 5.91 Å². The normalized spacial score (nSPS) is 10.8. The maximum atomic E-state index is 13.3. The Balaban J connectivity index is 1.79. The summed E-state index contributed by atoms with van der Waals surface area (Å²) in [5, 5.41) is 3.48. The summed E-state index contributed by atoms with van der Waals surface area (Å²) >= 11 is 0. The topological polar surface area (TPSA) is 68.5 Å². The molecule has 0 fully saturated rings. The number of hydrogen-bond donors (Lipinski definition) is 1. The molecule has 0 atom stereocenters. The van der Waals surface area contributed by atoms with E-state index in [0.29, 0.717) is 22.6 Å². The molecule has 5 nitrogen and oxygen atoms in total. The van der Waals surface area contributed by atoms with Crippen molar-refractivity contribution in [2.24, 2.45) is 0 Å². The van der Waals surface area contributed by atoms with Crippen molar-refractivity contribution in [2.45, 2.75) is 26.7 Å². The number of amides is 1. The van der Waals surface area contributed by atoms with Gasteiger partial charge in [0.15, 0.2) is 0 Å². The van der Waals surface area contributed by atoms with Crippen LogP contribution in [-0.4, -0.2) is 13.0 Å². The number of halogens is 1. The van der Waals surface area contributed by atoms with E-state index < -0.39 is 11.4 Å². The van der Waals surface area contributed by atoms with E-state index in [2.05, 4.69) is 5.32 Å². The Bertz CT molecular complexity index is 1070. The summed E-state index contributed by atoms with van der Waals surface area (Å²) < 4.78 is 23.9. The second-order valence-corrected chi connectivity index (χ2v) is 6.36. The average Bonchev–Trinajstić information content (AvgIpc) is 2.64. The monoisotopic (exact) mass is 369 g/mol. The summed E-state index contributed by atoms with van der Waals surface area (Å²) in [6.45, 7) is 3.61. The zero-order chi connectivity index (χ0) is 19.6. The third-order valence-corrected chi connectivity index (χ3v) is 4.57. The number of aryl methyl sites for hydroxylation is 2. The van der Waals surface area contributed by atoms with Crippen molar-refractivity contribution in [3.05, 3.63) is 69.3 Å². The van der Waals surface area contributed by atoms with Crippen LogP contribution in [0.1, 0.15) is 23.1 Å². The molecule has 0 radical (unpaired) electrons. The fourth-order valence-electron chi connectivity index (χ4n) is 2.97. The molecular formula is C21H20FNO4. The van der Waals surface area contributed by atoms with E-state index in [0.717, 1.165) is 16.5 Å². The Kier molecular flexibility index (Phi) is 5.26. The van der Waals surface area contributed by atoms with Crippen molar-refractivity contribution in [1.29, 1.82) is 0 Å². The summed E-state index contributed by atoms with van der Waals surface area (Å²) in [7, 11) is 1.54. The number of rotatable bonds is 5. The third-order valence-electron chi connectivity index (χ3n) is 4.57. The lowest BCUT2D eigenvalue weighted by Gasteiger charge is -2.10. The second-order valence-electron chi connectivity index (χ2n) is 6.36. The first-order chi connectivity index (χ1) is 12.9. The number of carbonyl (C=O) groups is 1. The Morgan fingerprint density at radius 2 is 1.96 bits per heavy atom. The van der Waals surface area contributed by atoms with E-state index in [9.17, 15) is 14.0 Å². The van der Waals surface area contributed by atoms with Crippen molar-refractivity contribution < 1.29 is 18.3 Å². The van der Waals surface area contributed by atoms with Gasteiger partial charge in [-0.1, -0.05) is 6.07 Å². The fraction of sp³-hybridized carbons (Fsp3) is 0.238. The first-order valence-corrected chi connectivity index (χ1v) is 8.55. The van der Waals surface area contributed by atoms with Crippen LogP contribution in [-0.2, 0) is 11.2 Å². The molecule has 1 aromatic heterocycles. The zero-order valence-electron chi connectivity index (χ0n) is 15.4. The van der Waals surface area contributed by atoms with Crippen LogP contribution in [0, 0.1) is 19.7 Å². The van der Waals surface area contributed by atoms with Crippen LogP contribution in [0.15, 0.2) is 45.6 Å². The molecule has 3 aromatic rings. The van der Waals surface area contributed by atoms with Crippen molar-refractivity contribution in [3.63, 3.8) is 0 Å². The Morgan fingerprint density at radius 1 is 1.19 bits per heavy atom. The number of ether oxygens (including phenoxy) is 1. The molecule has 0 saturated heterocycles. The number of hydrogen-bond acceptors (Lipinski definition) is 4. The van der Waals surface area contributed by atoms with Gasteiger partial charge in [-0.2, -0.15) is 0 Å². The maximum Gasteiger partial charge on any atom is 0.339 e. The van der Waals surface area contributed by atoms with Crippen molar-refractivity contribution in [3.8, 4) is 5.75 Å². The Hall–Kier alpha value is -3.15. The quantitative estimate of drug-likeness (QED) is 0.687. The number of methoxy groups -OCH3 is 1. The van der Waals surface area contributed by atoms with Crippen LogP contribution in [0.4, 0.5) is 10.1 Å². The third kappa shape index (κ3) is 4.00. The van der Waals surface area contributed by atoms with Crippen LogP contribution in [0.5, 0.6) is 5.75 Å². The smallest absolute Gasteiger partial charge is 0.339 e. The predicted octanol–water partition coefficient (Wildman–Crippen LogP) is 4.13. The number of fused-ring (bicyclic) bond motifs is 1.